The van der Waals surface area contributed by atoms with Crippen molar-refractivity contribution in [1.29, 1.82) is 0 Å². The van der Waals surface area contributed by atoms with Crippen LogP contribution in [0.1, 0.15) is 24.6 Å². The first-order valence-corrected chi connectivity index (χ1v) is 9.24. The number of sulfonamides is 1. The van der Waals surface area contributed by atoms with Gasteiger partial charge in [0, 0.05) is 31.1 Å². The van der Waals surface area contributed by atoms with Crippen LogP contribution < -0.4 is 5.32 Å². The van der Waals surface area contributed by atoms with Gasteiger partial charge in [0.25, 0.3) is 0 Å². The van der Waals surface area contributed by atoms with Crippen molar-refractivity contribution >= 4 is 21.4 Å². The molecule has 1 saturated heterocycles. The molecule has 2 rings (SSSR count). The van der Waals surface area contributed by atoms with Crippen molar-refractivity contribution in [2.75, 3.05) is 26.7 Å². The van der Waals surface area contributed by atoms with Gasteiger partial charge in [-0.25, -0.2) is 8.42 Å². The summed E-state index contributed by atoms with van der Waals surface area (Å²) in [6, 6.07) is 1.71. The zero-order valence-electron chi connectivity index (χ0n) is 12.0. The molecule has 20 heavy (non-hydrogen) atoms. The van der Waals surface area contributed by atoms with Crippen molar-refractivity contribution in [2.24, 2.45) is 0 Å². The minimum atomic E-state index is -3.36. The van der Waals surface area contributed by atoms with Crippen molar-refractivity contribution in [3.63, 3.8) is 0 Å². The van der Waals surface area contributed by atoms with E-state index in [0.29, 0.717) is 31.1 Å². The summed E-state index contributed by atoms with van der Waals surface area (Å²) in [6.45, 7) is 4.33. The number of piperidine rings is 1. The van der Waals surface area contributed by atoms with E-state index in [9.17, 15) is 8.42 Å². The van der Waals surface area contributed by atoms with E-state index < -0.39 is 10.0 Å². The topological polar surface area (TPSA) is 58.6 Å². The first kappa shape index (κ1) is 15.9. The predicted octanol–water partition coefficient (Wildman–Crippen LogP) is 1.66. The summed E-state index contributed by atoms with van der Waals surface area (Å²) in [6.07, 6.45) is 1.75. The van der Waals surface area contributed by atoms with E-state index in [2.05, 4.69) is 5.32 Å². The second-order valence-corrected chi connectivity index (χ2v) is 7.70. The third-order valence-corrected chi connectivity index (χ3v) is 6.50. The molecule has 0 saturated carbocycles. The van der Waals surface area contributed by atoms with E-state index in [-0.39, 0.29) is 6.10 Å². The normalized spacial score (nSPS) is 18.5. The van der Waals surface area contributed by atoms with E-state index in [1.165, 1.54) is 11.3 Å². The fourth-order valence-electron chi connectivity index (χ4n) is 2.46. The highest BCUT2D eigenvalue weighted by Crippen LogP contribution is 2.27. The number of ether oxygens (including phenoxy) is 1. The van der Waals surface area contributed by atoms with Gasteiger partial charge in [-0.2, -0.15) is 4.31 Å². The van der Waals surface area contributed by atoms with Crippen LogP contribution in [0.15, 0.2) is 16.3 Å². The molecule has 114 valence electrons. The first-order chi connectivity index (χ1) is 9.59. The molecule has 0 amide bonds. The zero-order valence-corrected chi connectivity index (χ0v) is 13.6. The summed E-state index contributed by atoms with van der Waals surface area (Å²) in [7, 11) is -1.54. The SMILES string of the molecule is CCOC1CCN(S(=O)(=O)c2ccsc2CNC)CC1. The third kappa shape index (κ3) is 3.40. The van der Waals surface area contributed by atoms with Crippen LogP contribution in [0.3, 0.4) is 0 Å². The quantitative estimate of drug-likeness (QED) is 0.866. The van der Waals surface area contributed by atoms with Crippen LogP contribution in [0.5, 0.6) is 0 Å². The maximum Gasteiger partial charge on any atom is 0.244 e. The van der Waals surface area contributed by atoms with Gasteiger partial charge in [0.05, 0.1) is 11.0 Å². The van der Waals surface area contributed by atoms with Gasteiger partial charge in [0.1, 0.15) is 0 Å². The van der Waals surface area contributed by atoms with Crippen LogP contribution >= 0.6 is 11.3 Å². The smallest absolute Gasteiger partial charge is 0.244 e. The van der Waals surface area contributed by atoms with Gasteiger partial charge in [-0.05, 0) is 38.3 Å². The van der Waals surface area contributed by atoms with Crippen molar-refractivity contribution in [3.05, 3.63) is 16.3 Å². The molecule has 0 aromatic carbocycles. The molecule has 0 radical (unpaired) electrons. The maximum absolute atomic E-state index is 12.7. The molecule has 0 spiro atoms. The molecule has 1 aliphatic heterocycles. The van der Waals surface area contributed by atoms with E-state index in [1.54, 1.807) is 10.4 Å². The highest BCUT2D eigenvalue weighted by atomic mass is 32.2. The van der Waals surface area contributed by atoms with Gasteiger partial charge in [0.15, 0.2) is 0 Å². The molecular formula is C13H22N2O3S2. The van der Waals surface area contributed by atoms with Crippen LogP contribution in [0, 0.1) is 0 Å². The van der Waals surface area contributed by atoms with E-state index in [4.69, 9.17) is 4.74 Å². The van der Waals surface area contributed by atoms with Gasteiger partial charge in [0.2, 0.25) is 10.0 Å². The lowest BCUT2D eigenvalue weighted by atomic mass is 10.1. The Morgan fingerprint density at radius 1 is 1.45 bits per heavy atom. The van der Waals surface area contributed by atoms with Gasteiger partial charge in [-0.15, -0.1) is 11.3 Å². The zero-order chi connectivity index (χ0) is 14.6. The predicted molar refractivity (Wildman–Crippen MR) is 80.5 cm³/mol. The average molecular weight is 318 g/mol. The number of nitrogens with zero attached hydrogens (tertiary/aromatic N) is 1. The summed E-state index contributed by atoms with van der Waals surface area (Å²) in [5.74, 6) is 0. The fourth-order valence-corrected chi connectivity index (χ4v) is 5.36. The molecule has 1 aromatic rings. The second kappa shape index (κ2) is 7.00. The Labute approximate surface area is 125 Å². The van der Waals surface area contributed by atoms with E-state index in [1.807, 2.05) is 19.4 Å². The maximum atomic E-state index is 12.7. The lowest BCUT2D eigenvalue weighted by Gasteiger charge is -2.31. The molecule has 7 heteroatoms. The van der Waals surface area contributed by atoms with Crippen molar-refractivity contribution in [1.82, 2.24) is 9.62 Å². The molecule has 2 heterocycles. The lowest BCUT2D eigenvalue weighted by Crippen LogP contribution is -2.41. The average Bonchev–Trinajstić information content (AvgIpc) is 2.89. The molecule has 1 aromatic heterocycles. The number of hydrogen-bond donors (Lipinski definition) is 1. The van der Waals surface area contributed by atoms with E-state index in [0.717, 1.165) is 17.7 Å². The summed E-state index contributed by atoms with van der Waals surface area (Å²) in [5, 5.41) is 4.86. The van der Waals surface area contributed by atoms with Crippen LogP contribution in [-0.2, 0) is 21.3 Å². The van der Waals surface area contributed by atoms with Gasteiger partial charge in [-0.3, -0.25) is 0 Å². The highest BCUT2D eigenvalue weighted by Gasteiger charge is 2.31. The van der Waals surface area contributed by atoms with Crippen LogP contribution in [0.4, 0.5) is 0 Å². The molecular weight excluding hydrogens is 296 g/mol. The minimum Gasteiger partial charge on any atom is -0.378 e. The summed E-state index contributed by atoms with van der Waals surface area (Å²) in [4.78, 5) is 1.33. The lowest BCUT2D eigenvalue weighted by molar-refractivity contribution is 0.0290. The molecule has 5 nitrogen and oxygen atoms in total. The Morgan fingerprint density at radius 3 is 2.75 bits per heavy atom. The number of nitrogens with one attached hydrogen (secondary N) is 1. The largest absolute Gasteiger partial charge is 0.378 e. The van der Waals surface area contributed by atoms with Crippen molar-refractivity contribution in [2.45, 2.75) is 37.3 Å². The van der Waals surface area contributed by atoms with Gasteiger partial charge < -0.3 is 10.1 Å². The summed E-state index contributed by atoms with van der Waals surface area (Å²) < 4.78 is 32.5. The number of hydrogen-bond acceptors (Lipinski definition) is 5. The summed E-state index contributed by atoms with van der Waals surface area (Å²) >= 11 is 1.48. The molecule has 0 bridgehead atoms. The van der Waals surface area contributed by atoms with Crippen LogP contribution in [0.25, 0.3) is 0 Å². The van der Waals surface area contributed by atoms with Gasteiger partial charge >= 0.3 is 0 Å². The Balaban J connectivity index is 2.09. The number of thiophene rings is 1. The first-order valence-electron chi connectivity index (χ1n) is 6.92. The fraction of sp³-hybridized carbons (Fsp3) is 0.692. The number of rotatable bonds is 6. The van der Waals surface area contributed by atoms with Gasteiger partial charge in [-0.1, -0.05) is 0 Å². The monoisotopic (exact) mass is 318 g/mol. The molecule has 1 aliphatic rings. The van der Waals surface area contributed by atoms with E-state index >= 15 is 0 Å². The van der Waals surface area contributed by atoms with Crippen molar-refractivity contribution in [3.8, 4) is 0 Å². The Bertz CT molecular complexity index is 519. The Kier molecular flexibility index (Phi) is 5.57. The Morgan fingerprint density at radius 2 is 2.15 bits per heavy atom. The molecule has 0 aliphatic carbocycles. The molecule has 0 atom stereocenters. The third-order valence-electron chi connectivity index (χ3n) is 3.46. The van der Waals surface area contributed by atoms with Crippen molar-refractivity contribution < 1.29 is 13.2 Å². The minimum absolute atomic E-state index is 0.200. The standard InChI is InChI=1S/C13H22N2O3S2/c1-3-18-11-4-7-15(8-5-11)20(16,17)13-6-9-19-12(13)10-14-2/h6,9,11,14H,3-5,7-8,10H2,1-2H3. The van der Waals surface area contributed by atoms with Crippen LogP contribution in [0.2, 0.25) is 0 Å². The highest BCUT2D eigenvalue weighted by molar-refractivity contribution is 7.89. The Hall–Kier alpha value is -0.470. The summed E-state index contributed by atoms with van der Waals surface area (Å²) in [5.41, 5.74) is 0. The molecule has 1 N–H and O–H groups in total. The van der Waals surface area contributed by atoms with Crippen LogP contribution in [-0.4, -0.2) is 45.6 Å². The molecule has 0 unspecified atom stereocenters. The molecule has 1 fully saturated rings. The second-order valence-electron chi connectivity index (χ2n) is 4.80.